The van der Waals surface area contributed by atoms with E-state index in [0.717, 1.165) is 15.6 Å². The number of hydrogen-bond acceptors (Lipinski definition) is 3. The predicted molar refractivity (Wildman–Crippen MR) is 84.2 cm³/mol. The topological polar surface area (TPSA) is 52.0 Å². The molecule has 0 fully saturated rings. The molecule has 0 spiro atoms. The first-order valence-corrected chi connectivity index (χ1v) is 7.13. The Balaban J connectivity index is 2.24. The van der Waals surface area contributed by atoms with Crippen LogP contribution in [0.1, 0.15) is 5.56 Å². The number of benzene rings is 2. The second-order valence-corrected chi connectivity index (χ2v) is 5.68. The monoisotopic (exact) mass is 346 g/mol. The van der Waals surface area contributed by atoms with Crippen LogP contribution >= 0.6 is 15.9 Å². The molecule has 0 atom stereocenters. The third-order valence-corrected chi connectivity index (χ3v) is 3.69. The Bertz CT molecular complexity index is 814. The van der Waals surface area contributed by atoms with E-state index in [4.69, 9.17) is 10.3 Å². The smallest absolute Gasteiger partial charge is 0.179 e. The highest BCUT2D eigenvalue weighted by atomic mass is 79.9. The number of nitrogens with zero attached hydrogens (tertiary/aromatic N) is 1. The van der Waals surface area contributed by atoms with Gasteiger partial charge in [-0.3, -0.25) is 0 Å². The molecular formula is C16H12BrFN2O. The fourth-order valence-electron chi connectivity index (χ4n) is 2.22. The number of aromatic nitrogens is 1. The molecule has 3 nitrogen and oxygen atoms in total. The third-order valence-electron chi connectivity index (χ3n) is 3.20. The van der Waals surface area contributed by atoms with Gasteiger partial charge in [-0.05, 0) is 36.8 Å². The molecule has 0 radical (unpaired) electrons. The summed E-state index contributed by atoms with van der Waals surface area (Å²) in [5.74, 6) is 0.212. The van der Waals surface area contributed by atoms with Crippen LogP contribution in [0.5, 0.6) is 0 Å². The normalized spacial score (nSPS) is 10.8. The third kappa shape index (κ3) is 2.56. The highest BCUT2D eigenvalue weighted by molar-refractivity contribution is 9.10. The van der Waals surface area contributed by atoms with Crippen LogP contribution in [0.15, 0.2) is 51.5 Å². The zero-order valence-electron chi connectivity index (χ0n) is 11.2. The largest absolute Gasteiger partial charge is 0.380 e. The van der Waals surface area contributed by atoms with E-state index in [0.29, 0.717) is 16.9 Å². The first kappa shape index (κ1) is 13.8. The van der Waals surface area contributed by atoms with Gasteiger partial charge >= 0.3 is 0 Å². The maximum atomic E-state index is 14.1. The van der Waals surface area contributed by atoms with Gasteiger partial charge < -0.3 is 10.3 Å². The van der Waals surface area contributed by atoms with Crippen molar-refractivity contribution in [2.45, 2.75) is 6.92 Å². The minimum absolute atomic E-state index is 0.240. The molecule has 2 N–H and O–H groups in total. The Hall–Kier alpha value is -2.14. The lowest BCUT2D eigenvalue weighted by Gasteiger charge is -2.05. The number of aryl methyl sites for hydroxylation is 1. The van der Waals surface area contributed by atoms with Gasteiger partial charge in [0.1, 0.15) is 5.82 Å². The Morgan fingerprint density at radius 3 is 2.76 bits per heavy atom. The SMILES string of the molecule is Cc1ccc(F)c(-c2onc(N)c2-c2cccc(Br)c2)c1. The Morgan fingerprint density at radius 1 is 1.19 bits per heavy atom. The van der Waals surface area contributed by atoms with Crippen LogP contribution in [-0.4, -0.2) is 5.16 Å². The van der Waals surface area contributed by atoms with E-state index in [1.54, 1.807) is 12.1 Å². The molecule has 0 bridgehead atoms. The van der Waals surface area contributed by atoms with Crippen LogP contribution in [0.3, 0.4) is 0 Å². The molecule has 0 aliphatic carbocycles. The van der Waals surface area contributed by atoms with Crippen molar-refractivity contribution in [1.29, 1.82) is 0 Å². The predicted octanol–water partition coefficient (Wildman–Crippen LogP) is 4.80. The zero-order chi connectivity index (χ0) is 15.0. The molecule has 1 heterocycles. The summed E-state index contributed by atoms with van der Waals surface area (Å²) in [6.07, 6.45) is 0. The van der Waals surface area contributed by atoms with Crippen molar-refractivity contribution in [3.8, 4) is 22.5 Å². The molecule has 3 aromatic rings. The van der Waals surface area contributed by atoms with E-state index in [2.05, 4.69) is 21.1 Å². The number of nitrogens with two attached hydrogens (primary N) is 1. The summed E-state index contributed by atoms with van der Waals surface area (Å²) in [5.41, 5.74) is 8.61. The number of hydrogen-bond donors (Lipinski definition) is 1. The molecule has 21 heavy (non-hydrogen) atoms. The molecule has 0 saturated heterocycles. The molecule has 1 aromatic heterocycles. The Morgan fingerprint density at radius 2 is 2.00 bits per heavy atom. The zero-order valence-corrected chi connectivity index (χ0v) is 12.8. The summed E-state index contributed by atoms with van der Waals surface area (Å²) in [7, 11) is 0. The average molecular weight is 347 g/mol. The molecule has 0 unspecified atom stereocenters. The number of nitrogen functional groups attached to an aromatic ring is 1. The van der Waals surface area contributed by atoms with Crippen LogP contribution < -0.4 is 5.73 Å². The van der Waals surface area contributed by atoms with Crippen molar-refractivity contribution in [3.05, 3.63) is 58.3 Å². The average Bonchev–Trinajstić information content (AvgIpc) is 2.83. The number of rotatable bonds is 2. The van der Waals surface area contributed by atoms with Gasteiger partial charge in [-0.2, -0.15) is 0 Å². The number of anilines is 1. The second-order valence-electron chi connectivity index (χ2n) is 4.77. The van der Waals surface area contributed by atoms with E-state index >= 15 is 0 Å². The van der Waals surface area contributed by atoms with E-state index < -0.39 is 0 Å². The van der Waals surface area contributed by atoms with Crippen molar-refractivity contribution in [2.75, 3.05) is 5.73 Å². The summed E-state index contributed by atoms with van der Waals surface area (Å²) < 4.78 is 20.3. The van der Waals surface area contributed by atoms with Crippen molar-refractivity contribution in [2.24, 2.45) is 0 Å². The molecule has 106 valence electrons. The van der Waals surface area contributed by atoms with Gasteiger partial charge in [0.2, 0.25) is 0 Å². The Kier molecular flexibility index (Phi) is 3.51. The number of halogens is 2. The van der Waals surface area contributed by atoms with Crippen molar-refractivity contribution < 1.29 is 8.91 Å². The van der Waals surface area contributed by atoms with Crippen LogP contribution in [-0.2, 0) is 0 Å². The summed E-state index contributed by atoms with van der Waals surface area (Å²) >= 11 is 3.41. The maximum Gasteiger partial charge on any atom is 0.179 e. The van der Waals surface area contributed by atoms with Gasteiger partial charge in [0.15, 0.2) is 11.6 Å². The minimum Gasteiger partial charge on any atom is -0.380 e. The second kappa shape index (κ2) is 5.33. The van der Waals surface area contributed by atoms with E-state index in [1.165, 1.54) is 6.07 Å². The molecule has 0 aliphatic rings. The first-order valence-electron chi connectivity index (χ1n) is 6.34. The van der Waals surface area contributed by atoms with E-state index in [1.807, 2.05) is 31.2 Å². The standard InChI is InChI=1S/C16H12BrFN2O/c1-9-5-6-13(18)12(7-9)15-14(16(19)20-21-15)10-3-2-4-11(17)8-10/h2-8H,1H3,(H2,19,20). The molecule has 3 rings (SSSR count). The minimum atomic E-state index is -0.368. The lowest BCUT2D eigenvalue weighted by atomic mass is 10.00. The quantitative estimate of drug-likeness (QED) is 0.724. The Labute approximate surface area is 129 Å². The fourth-order valence-corrected chi connectivity index (χ4v) is 2.62. The van der Waals surface area contributed by atoms with Gasteiger partial charge in [0.05, 0.1) is 11.1 Å². The van der Waals surface area contributed by atoms with Gasteiger partial charge in [-0.25, -0.2) is 4.39 Å². The molecule has 2 aromatic carbocycles. The van der Waals surface area contributed by atoms with Gasteiger partial charge in [-0.1, -0.05) is 44.8 Å². The summed E-state index contributed by atoms with van der Waals surface area (Å²) in [5, 5.41) is 3.79. The van der Waals surface area contributed by atoms with Crippen molar-refractivity contribution >= 4 is 21.7 Å². The highest BCUT2D eigenvalue weighted by Crippen LogP contribution is 2.38. The summed E-state index contributed by atoms with van der Waals surface area (Å²) in [6, 6.07) is 12.4. The maximum absolute atomic E-state index is 14.1. The van der Waals surface area contributed by atoms with Crippen LogP contribution in [0.25, 0.3) is 22.5 Å². The molecular weight excluding hydrogens is 335 g/mol. The highest BCUT2D eigenvalue weighted by Gasteiger charge is 2.20. The van der Waals surface area contributed by atoms with Gasteiger partial charge in [0, 0.05) is 4.47 Å². The first-order chi connectivity index (χ1) is 10.1. The lowest BCUT2D eigenvalue weighted by molar-refractivity contribution is 0.433. The molecule has 0 amide bonds. The van der Waals surface area contributed by atoms with Gasteiger partial charge in [0.25, 0.3) is 0 Å². The van der Waals surface area contributed by atoms with Gasteiger partial charge in [-0.15, -0.1) is 0 Å². The van der Waals surface area contributed by atoms with E-state index in [-0.39, 0.29) is 11.6 Å². The van der Waals surface area contributed by atoms with Crippen molar-refractivity contribution in [3.63, 3.8) is 0 Å². The van der Waals surface area contributed by atoms with Crippen LogP contribution in [0.4, 0.5) is 10.2 Å². The van der Waals surface area contributed by atoms with Crippen LogP contribution in [0, 0.1) is 12.7 Å². The van der Waals surface area contributed by atoms with Crippen LogP contribution in [0.2, 0.25) is 0 Å². The summed E-state index contributed by atoms with van der Waals surface area (Å²) in [6.45, 7) is 1.89. The fraction of sp³-hybridized carbons (Fsp3) is 0.0625. The van der Waals surface area contributed by atoms with E-state index in [9.17, 15) is 4.39 Å². The summed E-state index contributed by atoms with van der Waals surface area (Å²) in [4.78, 5) is 0. The molecule has 0 saturated carbocycles. The lowest BCUT2D eigenvalue weighted by Crippen LogP contribution is -1.90. The molecule has 0 aliphatic heterocycles. The van der Waals surface area contributed by atoms with Crippen molar-refractivity contribution in [1.82, 2.24) is 5.16 Å². The molecule has 5 heteroatoms.